The van der Waals surface area contributed by atoms with Gasteiger partial charge in [-0.3, -0.25) is 4.98 Å². The number of benzene rings is 1. The van der Waals surface area contributed by atoms with E-state index in [2.05, 4.69) is 41.6 Å². The first-order valence-corrected chi connectivity index (χ1v) is 7.67. The molecule has 1 aromatic carbocycles. The van der Waals surface area contributed by atoms with Gasteiger partial charge in [-0.15, -0.1) is 0 Å². The monoisotopic (exact) mass is 297 g/mol. The average Bonchev–Trinajstić information content (AvgIpc) is 2.55. The van der Waals surface area contributed by atoms with E-state index in [1.54, 1.807) is 12.4 Å². The number of amides is 2. The summed E-state index contributed by atoms with van der Waals surface area (Å²) in [5.74, 6) is 0.537. The van der Waals surface area contributed by atoms with Crippen molar-refractivity contribution in [3.8, 4) is 0 Å². The molecule has 2 atom stereocenters. The maximum Gasteiger partial charge on any atom is 0.319 e. The zero-order valence-electron chi connectivity index (χ0n) is 13.3. The molecule has 2 rings (SSSR count). The van der Waals surface area contributed by atoms with E-state index in [9.17, 15) is 4.79 Å². The van der Waals surface area contributed by atoms with Crippen molar-refractivity contribution in [3.63, 3.8) is 0 Å². The summed E-state index contributed by atoms with van der Waals surface area (Å²) in [6, 6.07) is 11.5. The number of carbonyl (C=O) groups excluding carboxylic acids is 1. The second kappa shape index (κ2) is 7.59. The highest BCUT2D eigenvalue weighted by Crippen LogP contribution is 2.20. The second-order valence-corrected chi connectivity index (χ2v) is 5.53. The van der Waals surface area contributed by atoms with Gasteiger partial charge in [0, 0.05) is 18.1 Å². The van der Waals surface area contributed by atoms with Gasteiger partial charge in [-0.2, -0.15) is 0 Å². The number of anilines is 1. The summed E-state index contributed by atoms with van der Waals surface area (Å²) in [6.07, 6.45) is 4.55. The maximum atomic E-state index is 12.0. The third-order valence-corrected chi connectivity index (χ3v) is 3.90. The molecule has 4 nitrogen and oxygen atoms in total. The van der Waals surface area contributed by atoms with Crippen LogP contribution >= 0.6 is 0 Å². The van der Waals surface area contributed by atoms with Crippen LogP contribution in [0.3, 0.4) is 0 Å². The Hall–Kier alpha value is -2.36. The molecule has 0 aliphatic carbocycles. The van der Waals surface area contributed by atoms with Crippen LogP contribution < -0.4 is 10.6 Å². The number of nitrogens with one attached hydrogen (secondary N) is 2. The molecule has 0 aliphatic heterocycles. The molecule has 0 unspecified atom stereocenters. The molecule has 0 radical (unpaired) electrons. The first-order chi connectivity index (χ1) is 10.6. The van der Waals surface area contributed by atoms with E-state index in [1.807, 2.05) is 31.2 Å². The third kappa shape index (κ3) is 4.32. The Morgan fingerprint density at radius 2 is 1.68 bits per heavy atom. The standard InChI is InChI=1S/C18H23N3O/c1-4-13(2)15-5-7-17(8-6-15)21-18(22)20-14(3)16-9-11-19-12-10-16/h5-14H,4H2,1-3H3,(H2,20,21,22)/t13-,14-/m0/s1. The maximum absolute atomic E-state index is 12.0. The molecular formula is C18H23N3O. The summed E-state index contributed by atoms with van der Waals surface area (Å²) in [5.41, 5.74) is 3.11. The van der Waals surface area contributed by atoms with Crippen LogP contribution in [0.5, 0.6) is 0 Å². The van der Waals surface area contributed by atoms with Crippen LogP contribution in [0.25, 0.3) is 0 Å². The largest absolute Gasteiger partial charge is 0.331 e. The van der Waals surface area contributed by atoms with Gasteiger partial charge in [-0.1, -0.05) is 26.0 Å². The minimum Gasteiger partial charge on any atom is -0.331 e. The molecule has 1 aromatic heterocycles. The Kier molecular flexibility index (Phi) is 5.53. The van der Waals surface area contributed by atoms with Crippen LogP contribution in [0.15, 0.2) is 48.8 Å². The highest BCUT2D eigenvalue weighted by molar-refractivity contribution is 5.89. The fraction of sp³-hybridized carbons (Fsp3) is 0.333. The SMILES string of the molecule is CC[C@H](C)c1ccc(NC(=O)N[C@@H](C)c2ccncc2)cc1. The molecule has 2 N–H and O–H groups in total. The number of hydrogen-bond donors (Lipinski definition) is 2. The van der Waals surface area contributed by atoms with E-state index in [-0.39, 0.29) is 12.1 Å². The zero-order valence-corrected chi connectivity index (χ0v) is 13.3. The average molecular weight is 297 g/mol. The summed E-state index contributed by atoms with van der Waals surface area (Å²) in [7, 11) is 0. The first kappa shape index (κ1) is 16.0. The zero-order chi connectivity index (χ0) is 15.9. The normalized spacial score (nSPS) is 13.2. The van der Waals surface area contributed by atoms with Gasteiger partial charge in [0.05, 0.1) is 6.04 Å². The lowest BCUT2D eigenvalue weighted by atomic mass is 9.99. The second-order valence-electron chi connectivity index (χ2n) is 5.53. The fourth-order valence-corrected chi connectivity index (χ4v) is 2.23. The van der Waals surface area contributed by atoms with Crippen molar-refractivity contribution in [2.45, 2.75) is 39.2 Å². The van der Waals surface area contributed by atoms with E-state index < -0.39 is 0 Å². The van der Waals surface area contributed by atoms with Crippen molar-refractivity contribution in [2.24, 2.45) is 0 Å². The van der Waals surface area contributed by atoms with E-state index in [4.69, 9.17) is 0 Å². The Morgan fingerprint density at radius 3 is 2.27 bits per heavy atom. The molecule has 116 valence electrons. The van der Waals surface area contributed by atoms with E-state index in [0.29, 0.717) is 5.92 Å². The molecule has 4 heteroatoms. The van der Waals surface area contributed by atoms with E-state index in [1.165, 1.54) is 5.56 Å². The van der Waals surface area contributed by atoms with Gasteiger partial charge in [-0.25, -0.2) is 4.79 Å². The van der Waals surface area contributed by atoms with Crippen LogP contribution in [0, 0.1) is 0 Å². The van der Waals surface area contributed by atoms with Gasteiger partial charge < -0.3 is 10.6 Å². The van der Waals surface area contributed by atoms with Gasteiger partial charge in [0.2, 0.25) is 0 Å². The number of nitrogens with zero attached hydrogens (tertiary/aromatic N) is 1. The topological polar surface area (TPSA) is 54.0 Å². The minimum atomic E-state index is -0.208. The Labute approximate surface area is 132 Å². The molecule has 0 saturated carbocycles. The summed E-state index contributed by atoms with van der Waals surface area (Å²) >= 11 is 0. The lowest BCUT2D eigenvalue weighted by Crippen LogP contribution is -2.31. The van der Waals surface area contributed by atoms with Crippen LogP contribution in [-0.2, 0) is 0 Å². The van der Waals surface area contributed by atoms with Crippen LogP contribution in [0.1, 0.15) is 50.3 Å². The number of pyridine rings is 1. The van der Waals surface area contributed by atoms with E-state index >= 15 is 0 Å². The number of rotatable bonds is 5. The number of carbonyl (C=O) groups is 1. The molecule has 0 saturated heterocycles. The van der Waals surface area contributed by atoms with Crippen molar-refractivity contribution in [2.75, 3.05) is 5.32 Å². The van der Waals surface area contributed by atoms with Gasteiger partial charge in [-0.05, 0) is 54.7 Å². The van der Waals surface area contributed by atoms with Crippen molar-refractivity contribution in [1.82, 2.24) is 10.3 Å². The van der Waals surface area contributed by atoms with Crippen molar-refractivity contribution >= 4 is 11.7 Å². The molecule has 22 heavy (non-hydrogen) atoms. The van der Waals surface area contributed by atoms with Gasteiger partial charge >= 0.3 is 6.03 Å². The Balaban J connectivity index is 1.92. The molecule has 0 aliphatic rings. The highest BCUT2D eigenvalue weighted by Gasteiger charge is 2.09. The van der Waals surface area contributed by atoms with E-state index in [0.717, 1.165) is 17.7 Å². The quantitative estimate of drug-likeness (QED) is 0.855. The summed E-state index contributed by atoms with van der Waals surface area (Å²) in [6.45, 7) is 6.32. The van der Waals surface area contributed by atoms with Crippen LogP contribution in [-0.4, -0.2) is 11.0 Å². The Morgan fingerprint density at radius 1 is 1.05 bits per heavy atom. The van der Waals surface area contributed by atoms with Crippen LogP contribution in [0.4, 0.5) is 10.5 Å². The predicted molar refractivity (Wildman–Crippen MR) is 90.0 cm³/mol. The molecule has 0 fully saturated rings. The predicted octanol–water partition coefficient (Wildman–Crippen LogP) is 4.48. The van der Waals surface area contributed by atoms with Gasteiger partial charge in [0.25, 0.3) is 0 Å². The summed E-state index contributed by atoms with van der Waals surface area (Å²) in [4.78, 5) is 16.0. The molecule has 0 spiro atoms. The van der Waals surface area contributed by atoms with Gasteiger partial charge in [0.15, 0.2) is 0 Å². The molecule has 0 bridgehead atoms. The lowest BCUT2D eigenvalue weighted by molar-refractivity contribution is 0.249. The number of urea groups is 1. The first-order valence-electron chi connectivity index (χ1n) is 7.67. The van der Waals surface area contributed by atoms with Crippen molar-refractivity contribution in [1.29, 1.82) is 0 Å². The summed E-state index contributed by atoms with van der Waals surface area (Å²) in [5, 5.41) is 5.78. The van der Waals surface area contributed by atoms with Crippen molar-refractivity contribution in [3.05, 3.63) is 59.9 Å². The number of aromatic nitrogens is 1. The minimum absolute atomic E-state index is 0.0672. The third-order valence-electron chi connectivity index (χ3n) is 3.90. The fourth-order valence-electron chi connectivity index (χ4n) is 2.23. The van der Waals surface area contributed by atoms with Gasteiger partial charge in [0.1, 0.15) is 0 Å². The van der Waals surface area contributed by atoms with Crippen molar-refractivity contribution < 1.29 is 4.79 Å². The molecule has 2 amide bonds. The Bertz CT molecular complexity index is 595. The lowest BCUT2D eigenvalue weighted by Gasteiger charge is -2.15. The smallest absolute Gasteiger partial charge is 0.319 e. The highest BCUT2D eigenvalue weighted by atomic mass is 16.2. The number of hydrogen-bond acceptors (Lipinski definition) is 2. The van der Waals surface area contributed by atoms with Crippen LogP contribution in [0.2, 0.25) is 0 Å². The molecular weight excluding hydrogens is 274 g/mol. The molecule has 2 aromatic rings. The summed E-state index contributed by atoms with van der Waals surface area (Å²) < 4.78 is 0. The molecule has 1 heterocycles.